The summed E-state index contributed by atoms with van der Waals surface area (Å²) < 4.78 is 21.3. The predicted molar refractivity (Wildman–Crippen MR) is 116 cm³/mol. The minimum atomic E-state index is -0.296. The summed E-state index contributed by atoms with van der Waals surface area (Å²) in [5.74, 6) is 1.82. The van der Waals surface area contributed by atoms with Gasteiger partial charge in [0.2, 0.25) is 5.75 Å². The molecule has 2 aromatic carbocycles. The second-order valence-corrected chi connectivity index (χ2v) is 7.77. The van der Waals surface area contributed by atoms with Crippen LogP contribution in [0, 0.1) is 0 Å². The van der Waals surface area contributed by atoms with Gasteiger partial charge < -0.3 is 18.9 Å². The number of ether oxygens (including phenoxy) is 4. The largest absolute Gasteiger partial charge is 0.497 e. The third-order valence-electron chi connectivity index (χ3n) is 5.03. The maximum atomic E-state index is 12.9. The van der Waals surface area contributed by atoms with E-state index in [4.69, 9.17) is 23.9 Å². The average Bonchev–Trinajstić information content (AvgIpc) is 3.20. The summed E-state index contributed by atoms with van der Waals surface area (Å²) in [4.78, 5) is 18.7. The Balaban J connectivity index is 1.62. The number of carbonyl (C=O) groups excluding carboxylic acids is 1. The summed E-state index contributed by atoms with van der Waals surface area (Å²) >= 11 is 1.50. The van der Waals surface area contributed by atoms with E-state index in [0.29, 0.717) is 27.9 Å². The van der Waals surface area contributed by atoms with Crippen LogP contribution in [0.25, 0.3) is 11.3 Å². The zero-order valence-electron chi connectivity index (χ0n) is 17.2. The molecule has 156 valence electrons. The molecule has 7 nitrogen and oxygen atoms in total. The Bertz CT molecular complexity index is 1080. The molecule has 0 fully saturated rings. The van der Waals surface area contributed by atoms with Crippen molar-refractivity contribution in [3.8, 4) is 34.3 Å². The number of benzene rings is 2. The van der Waals surface area contributed by atoms with E-state index in [-0.39, 0.29) is 5.91 Å². The first-order valence-electron chi connectivity index (χ1n) is 9.36. The van der Waals surface area contributed by atoms with E-state index in [0.717, 1.165) is 34.7 Å². The molecule has 0 aliphatic heterocycles. The second kappa shape index (κ2) is 8.23. The zero-order valence-corrected chi connectivity index (χ0v) is 18.0. The summed E-state index contributed by atoms with van der Waals surface area (Å²) in [7, 11) is 6.21. The molecule has 0 spiro atoms. The first kappa shape index (κ1) is 20.0. The fraction of sp³-hybridized carbons (Fsp3) is 0.273. The van der Waals surface area contributed by atoms with Crippen LogP contribution in [0.4, 0.5) is 5.13 Å². The van der Waals surface area contributed by atoms with Crippen molar-refractivity contribution in [1.29, 1.82) is 0 Å². The number of hydrogen-bond acceptors (Lipinski definition) is 7. The first-order valence-corrected chi connectivity index (χ1v) is 10.2. The minimum absolute atomic E-state index is 0.296. The van der Waals surface area contributed by atoms with E-state index < -0.39 is 0 Å². The molecule has 3 aromatic rings. The van der Waals surface area contributed by atoms with Crippen LogP contribution in [0.2, 0.25) is 0 Å². The molecular formula is C22H22N2O5S. The van der Waals surface area contributed by atoms with Gasteiger partial charge in [0.05, 0.1) is 34.1 Å². The van der Waals surface area contributed by atoms with Gasteiger partial charge in [-0.1, -0.05) is 0 Å². The fourth-order valence-electron chi connectivity index (χ4n) is 3.55. The van der Waals surface area contributed by atoms with Crippen molar-refractivity contribution >= 4 is 22.4 Å². The smallest absolute Gasteiger partial charge is 0.257 e. The van der Waals surface area contributed by atoms with Gasteiger partial charge in [-0.05, 0) is 48.7 Å². The molecule has 0 unspecified atom stereocenters. The lowest BCUT2D eigenvalue weighted by atomic mass is 9.93. The topological polar surface area (TPSA) is 78.9 Å². The van der Waals surface area contributed by atoms with Crippen molar-refractivity contribution in [2.45, 2.75) is 12.8 Å². The number of amides is 1. The van der Waals surface area contributed by atoms with E-state index in [1.165, 1.54) is 38.2 Å². The number of rotatable bonds is 6. The van der Waals surface area contributed by atoms with Crippen molar-refractivity contribution in [1.82, 2.24) is 4.98 Å². The van der Waals surface area contributed by atoms with Crippen molar-refractivity contribution in [3.63, 3.8) is 0 Å². The summed E-state index contributed by atoms with van der Waals surface area (Å²) in [6.07, 6.45) is 1.80. The molecule has 30 heavy (non-hydrogen) atoms. The van der Waals surface area contributed by atoms with Gasteiger partial charge in [-0.3, -0.25) is 10.1 Å². The summed E-state index contributed by atoms with van der Waals surface area (Å²) in [6, 6.07) is 9.24. The molecule has 1 amide bonds. The number of hydrogen-bond donors (Lipinski definition) is 1. The highest BCUT2D eigenvalue weighted by molar-refractivity contribution is 7.16. The number of nitrogens with one attached hydrogen (secondary N) is 1. The van der Waals surface area contributed by atoms with Crippen LogP contribution < -0.4 is 24.3 Å². The van der Waals surface area contributed by atoms with Gasteiger partial charge in [-0.25, -0.2) is 4.98 Å². The standard InChI is InChI=1S/C22H22N2O5S/c1-26-14-6-7-15-12(9-14)5-8-18-19(15)23-22(30-18)24-21(25)13-10-16(27-2)20(29-4)17(11-13)28-3/h6-7,9-11H,5,8H2,1-4H3,(H,23,24,25). The van der Waals surface area contributed by atoms with Crippen LogP contribution in [0.15, 0.2) is 30.3 Å². The summed E-state index contributed by atoms with van der Waals surface area (Å²) in [6.45, 7) is 0. The molecule has 0 radical (unpaired) electrons. The van der Waals surface area contributed by atoms with Gasteiger partial charge in [0.25, 0.3) is 5.91 Å². The lowest BCUT2D eigenvalue weighted by molar-refractivity contribution is 0.102. The van der Waals surface area contributed by atoms with Crippen LogP contribution >= 0.6 is 11.3 Å². The molecule has 8 heteroatoms. The van der Waals surface area contributed by atoms with Crippen molar-refractivity contribution in [3.05, 3.63) is 46.3 Å². The lowest BCUT2D eigenvalue weighted by Gasteiger charge is -2.15. The Hall–Kier alpha value is -3.26. The van der Waals surface area contributed by atoms with Crippen LogP contribution in [-0.4, -0.2) is 39.3 Å². The molecule has 1 aliphatic rings. The molecule has 0 saturated carbocycles. The van der Waals surface area contributed by atoms with E-state index in [1.54, 1.807) is 19.2 Å². The van der Waals surface area contributed by atoms with Gasteiger partial charge in [0.1, 0.15) is 5.75 Å². The lowest BCUT2D eigenvalue weighted by Crippen LogP contribution is -2.12. The monoisotopic (exact) mass is 426 g/mol. The van der Waals surface area contributed by atoms with E-state index >= 15 is 0 Å². The Labute approximate surface area is 178 Å². The zero-order chi connectivity index (χ0) is 21.3. The van der Waals surface area contributed by atoms with E-state index in [1.807, 2.05) is 18.2 Å². The average molecular weight is 426 g/mol. The molecular weight excluding hydrogens is 404 g/mol. The van der Waals surface area contributed by atoms with Gasteiger partial charge in [-0.15, -0.1) is 11.3 Å². The van der Waals surface area contributed by atoms with E-state index in [2.05, 4.69) is 5.32 Å². The predicted octanol–water partition coefficient (Wildman–Crippen LogP) is 4.20. The quantitative estimate of drug-likeness (QED) is 0.637. The first-order chi connectivity index (χ1) is 14.6. The number of nitrogens with zero attached hydrogens (tertiary/aromatic N) is 1. The number of aryl methyl sites for hydroxylation is 2. The normalized spacial score (nSPS) is 11.9. The Morgan fingerprint density at radius 1 is 0.967 bits per heavy atom. The van der Waals surface area contributed by atoms with Crippen molar-refractivity contribution in [2.24, 2.45) is 0 Å². The van der Waals surface area contributed by atoms with Crippen LogP contribution in [0.3, 0.4) is 0 Å². The Kier molecular flexibility index (Phi) is 5.50. The SMILES string of the molecule is COc1ccc2c(c1)CCc1sc(NC(=O)c3cc(OC)c(OC)c(OC)c3)nc1-2. The molecule has 1 N–H and O–H groups in total. The summed E-state index contributed by atoms with van der Waals surface area (Å²) in [5.41, 5.74) is 3.60. The number of carbonyl (C=O) groups is 1. The van der Waals surface area contributed by atoms with Gasteiger partial charge in [0.15, 0.2) is 16.6 Å². The highest BCUT2D eigenvalue weighted by Gasteiger charge is 2.23. The Morgan fingerprint density at radius 2 is 1.70 bits per heavy atom. The highest BCUT2D eigenvalue weighted by atomic mass is 32.1. The molecule has 4 rings (SSSR count). The minimum Gasteiger partial charge on any atom is -0.497 e. The molecule has 0 saturated heterocycles. The third-order valence-corrected chi connectivity index (χ3v) is 6.06. The number of fused-ring (bicyclic) bond motifs is 3. The van der Waals surface area contributed by atoms with Gasteiger partial charge >= 0.3 is 0 Å². The molecule has 1 aromatic heterocycles. The fourth-order valence-corrected chi connectivity index (χ4v) is 4.52. The maximum Gasteiger partial charge on any atom is 0.257 e. The maximum absolute atomic E-state index is 12.9. The second-order valence-electron chi connectivity index (χ2n) is 6.68. The van der Waals surface area contributed by atoms with Gasteiger partial charge in [0, 0.05) is 16.0 Å². The number of aromatic nitrogens is 1. The third kappa shape index (κ3) is 3.54. The summed E-state index contributed by atoms with van der Waals surface area (Å²) in [5, 5.41) is 3.46. The van der Waals surface area contributed by atoms with Crippen LogP contribution in [0.5, 0.6) is 23.0 Å². The number of methoxy groups -OCH3 is 4. The molecule has 1 aliphatic carbocycles. The molecule has 0 atom stereocenters. The van der Waals surface area contributed by atoms with Crippen molar-refractivity contribution in [2.75, 3.05) is 33.8 Å². The number of thiazole rings is 1. The van der Waals surface area contributed by atoms with Crippen LogP contribution in [-0.2, 0) is 12.8 Å². The molecule has 0 bridgehead atoms. The van der Waals surface area contributed by atoms with Gasteiger partial charge in [-0.2, -0.15) is 0 Å². The Morgan fingerprint density at radius 3 is 2.33 bits per heavy atom. The van der Waals surface area contributed by atoms with Crippen LogP contribution in [0.1, 0.15) is 20.8 Å². The highest BCUT2D eigenvalue weighted by Crippen LogP contribution is 2.40. The van der Waals surface area contributed by atoms with E-state index in [9.17, 15) is 4.79 Å². The van der Waals surface area contributed by atoms with Crippen molar-refractivity contribution < 1.29 is 23.7 Å². The number of anilines is 1. The molecule has 1 heterocycles.